The first-order valence-corrected chi connectivity index (χ1v) is 5.85. The van der Waals surface area contributed by atoms with Crippen molar-refractivity contribution in [1.29, 1.82) is 0 Å². The first kappa shape index (κ1) is 15.4. The Balaban J connectivity index is 2.51. The SMILES string of the molecule is CC(C)OCC(O)COc1ccc(C(=O)O)cc1F. The summed E-state index contributed by atoms with van der Waals surface area (Å²) in [6.07, 6.45) is -0.887. The van der Waals surface area contributed by atoms with Crippen molar-refractivity contribution >= 4 is 5.97 Å². The second-order valence-corrected chi connectivity index (χ2v) is 4.30. The van der Waals surface area contributed by atoms with E-state index in [0.717, 1.165) is 6.07 Å². The van der Waals surface area contributed by atoms with Gasteiger partial charge in [-0.1, -0.05) is 0 Å². The summed E-state index contributed by atoms with van der Waals surface area (Å²) >= 11 is 0. The van der Waals surface area contributed by atoms with Crippen LogP contribution in [-0.2, 0) is 4.74 Å². The number of aliphatic hydroxyl groups excluding tert-OH is 1. The van der Waals surface area contributed by atoms with E-state index < -0.39 is 17.9 Å². The largest absolute Gasteiger partial charge is 0.488 e. The predicted octanol–water partition coefficient (Wildman–Crippen LogP) is 1.69. The summed E-state index contributed by atoms with van der Waals surface area (Å²) in [4.78, 5) is 10.6. The lowest BCUT2D eigenvalue weighted by molar-refractivity contribution is -0.0127. The molecule has 6 heteroatoms. The molecule has 0 saturated carbocycles. The summed E-state index contributed by atoms with van der Waals surface area (Å²) in [5.41, 5.74) is -0.159. The van der Waals surface area contributed by atoms with Crippen LogP contribution in [-0.4, -0.2) is 41.6 Å². The van der Waals surface area contributed by atoms with Crippen LogP contribution in [0, 0.1) is 5.82 Å². The Morgan fingerprint density at radius 3 is 2.58 bits per heavy atom. The van der Waals surface area contributed by atoms with Crippen molar-refractivity contribution in [2.75, 3.05) is 13.2 Å². The van der Waals surface area contributed by atoms with E-state index in [1.165, 1.54) is 12.1 Å². The fourth-order valence-electron chi connectivity index (χ4n) is 1.29. The maximum absolute atomic E-state index is 13.5. The molecule has 0 heterocycles. The molecule has 5 nitrogen and oxygen atoms in total. The summed E-state index contributed by atoms with van der Waals surface area (Å²) in [6, 6.07) is 3.32. The Morgan fingerprint density at radius 2 is 2.05 bits per heavy atom. The summed E-state index contributed by atoms with van der Waals surface area (Å²) in [5.74, 6) is -2.10. The van der Waals surface area contributed by atoms with Gasteiger partial charge in [0.1, 0.15) is 12.7 Å². The lowest BCUT2D eigenvalue weighted by Crippen LogP contribution is -2.25. The molecular formula is C13H17FO5. The standard InChI is InChI=1S/C13H17FO5/c1-8(2)18-6-10(15)7-19-12-4-3-9(13(16)17)5-11(12)14/h3-5,8,10,15H,6-7H2,1-2H3,(H,16,17). The number of rotatable bonds is 7. The van der Waals surface area contributed by atoms with Crippen LogP contribution in [0.3, 0.4) is 0 Å². The van der Waals surface area contributed by atoms with Crippen molar-refractivity contribution in [3.8, 4) is 5.75 Å². The third-order valence-electron chi connectivity index (χ3n) is 2.23. The third kappa shape index (κ3) is 5.23. The molecule has 1 unspecified atom stereocenters. The minimum absolute atomic E-state index is 0.0127. The molecule has 1 rings (SSSR count). The number of carboxylic acids is 1. The third-order valence-corrected chi connectivity index (χ3v) is 2.23. The minimum Gasteiger partial charge on any atom is -0.488 e. The maximum Gasteiger partial charge on any atom is 0.335 e. The molecular weight excluding hydrogens is 255 g/mol. The molecule has 0 aliphatic carbocycles. The van der Waals surface area contributed by atoms with Crippen LogP contribution in [0.5, 0.6) is 5.75 Å². The molecule has 106 valence electrons. The maximum atomic E-state index is 13.5. The number of aliphatic hydroxyl groups is 1. The fraction of sp³-hybridized carbons (Fsp3) is 0.462. The minimum atomic E-state index is -1.21. The molecule has 1 aromatic carbocycles. The summed E-state index contributed by atoms with van der Waals surface area (Å²) in [6.45, 7) is 3.62. The van der Waals surface area contributed by atoms with Crippen LogP contribution in [0.25, 0.3) is 0 Å². The highest BCUT2D eigenvalue weighted by Crippen LogP contribution is 2.18. The second kappa shape index (κ2) is 7.06. The molecule has 0 aromatic heterocycles. The lowest BCUT2D eigenvalue weighted by atomic mass is 10.2. The zero-order valence-electron chi connectivity index (χ0n) is 10.8. The van der Waals surface area contributed by atoms with E-state index in [1.807, 2.05) is 13.8 Å². The normalized spacial score (nSPS) is 12.5. The number of halogens is 1. The molecule has 0 aliphatic rings. The van der Waals surface area contributed by atoms with Gasteiger partial charge in [0.25, 0.3) is 0 Å². The lowest BCUT2D eigenvalue weighted by Gasteiger charge is -2.14. The van der Waals surface area contributed by atoms with Crippen molar-refractivity contribution in [1.82, 2.24) is 0 Å². The van der Waals surface area contributed by atoms with Crippen LogP contribution >= 0.6 is 0 Å². The number of carbonyl (C=O) groups is 1. The van der Waals surface area contributed by atoms with E-state index in [4.69, 9.17) is 14.6 Å². The highest BCUT2D eigenvalue weighted by atomic mass is 19.1. The predicted molar refractivity (Wildman–Crippen MR) is 65.9 cm³/mol. The van der Waals surface area contributed by atoms with Crippen molar-refractivity contribution < 1.29 is 28.9 Å². The van der Waals surface area contributed by atoms with Crippen molar-refractivity contribution in [3.05, 3.63) is 29.6 Å². The summed E-state index contributed by atoms with van der Waals surface area (Å²) < 4.78 is 23.7. The zero-order valence-corrected chi connectivity index (χ0v) is 10.8. The first-order chi connectivity index (χ1) is 8.90. The quantitative estimate of drug-likeness (QED) is 0.790. The molecule has 0 bridgehead atoms. The monoisotopic (exact) mass is 272 g/mol. The number of aromatic carboxylic acids is 1. The molecule has 19 heavy (non-hydrogen) atoms. The molecule has 0 radical (unpaired) electrons. The molecule has 1 atom stereocenters. The molecule has 0 amide bonds. The molecule has 0 saturated heterocycles. The van der Waals surface area contributed by atoms with Gasteiger partial charge in [0.2, 0.25) is 0 Å². The van der Waals surface area contributed by atoms with Crippen LogP contribution < -0.4 is 4.74 Å². The first-order valence-electron chi connectivity index (χ1n) is 5.85. The second-order valence-electron chi connectivity index (χ2n) is 4.30. The number of hydrogen-bond acceptors (Lipinski definition) is 4. The zero-order chi connectivity index (χ0) is 14.4. The van der Waals surface area contributed by atoms with Gasteiger partial charge in [0.05, 0.1) is 18.3 Å². The Kier molecular flexibility index (Phi) is 5.72. The van der Waals surface area contributed by atoms with E-state index >= 15 is 0 Å². The molecule has 0 fully saturated rings. The Labute approximate surface area is 110 Å². The van der Waals surface area contributed by atoms with E-state index in [1.54, 1.807) is 0 Å². The number of benzene rings is 1. The average Bonchev–Trinajstić information content (AvgIpc) is 2.34. The topological polar surface area (TPSA) is 76.0 Å². The Hall–Kier alpha value is -1.66. The van der Waals surface area contributed by atoms with Gasteiger partial charge < -0.3 is 19.7 Å². The molecule has 2 N–H and O–H groups in total. The molecule has 1 aromatic rings. The van der Waals surface area contributed by atoms with Crippen LogP contribution in [0.1, 0.15) is 24.2 Å². The average molecular weight is 272 g/mol. The van der Waals surface area contributed by atoms with Crippen LogP contribution in [0.15, 0.2) is 18.2 Å². The van der Waals surface area contributed by atoms with Crippen molar-refractivity contribution in [3.63, 3.8) is 0 Å². The van der Waals surface area contributed by atoms with Gasteiger partial charge in [-0.25, -0.2) is 9.18 Å². The van der Waals surface area contributed by atoms with Crippen molar-refractivity contribution in [2.24, 2.45) is 0 Å². The van der Waals surface area contributed by atoms with E-state index in [-0.39, 0.29) is 30.6 Å². The van der Waals surface area contributed by atoms with Gasteiger partial charge in [0.15, 0.2) is 11.6 Å². The van der Waals surface area contributed by atoms with E-state index in [2.05, 4.69) is 0 Å². The smallest absolute Gasteiger partial charge is 0.335 e. The Morgan fingerprint density at radius 1 is 1.37 bits per heavy atom. The van der Waals surface area contributed by atoms with Crippen molar-refractivity contribution in [2.45, 2.75) is 26.1 Å². The molecule has 0 aliphatic heterocycles. The summed E-state index contributed by atoms with van der Waals surface area (Å²) in [7, 11) is 0. The Bertz CT molecular complexity index is 433. The van der Waals surface area contributed by atoms with Gasteiger partial charge in [-0.15, -0.1) is 0 Å². The van der Waals surface area contributed by atoms with E-state index in [9.17, 15) is 14.3 Å². The van der Waals surface area contributed by atoms with Crippen LogP contribution in [0.4, 0.5) is 4.39 Å². The van der Waals surface area contributed by atoms with Gasteiger partial charge in [-0.05, 0) is 32.0 Å². The van der Waals surface area contributed by atoms with Gasteiger partial charge in [0, 0.05) is 0 Å². The molecule has 0 spiro atoms. The summed E-state index contributed by atoms with van der Waals surface area (Å²) in [5, 5.41) is 18.2. The highest BCUT2D eigenvalue weighted by molar-refractivity contribution is 5.87. The van der Waals surface area contributed by atoms with E-state index in [0.29, 0.717) is 0 Å². The van der Waals surface area contributed by atoms with Crippen LogP contribution in [0.2, 0.25) is 0 Å². The van der Waals surface area contributed by atoms with Gasteiger partial charge in [-0.2, -0.15) is 0 Å². The number of hydrogen-bond donors (Lipinski definition) is 2. The van der Waals surface area contributed by atoms with Gasteiger partial charge >= 0.3 is 5.97 Å². The fourth-order valence-corrected chi connectivity index (χ4v) is 1.29. The number of ether oxygens (including phenoxy) is 2. The highest BCUT2D eigenvalue weighted by Gasteiger charge is 2.12. The van der Waals surface area contributed by atoms with Gasteiger partial charge in [-0.3, -0.25) is 0 Å². The number of carboxylic acid groups (broad SMARTS) is 1.